The van der Waals surface area contributed by atoms with Crippen molar-refractivity contribution < 1.29 is 12.8 Å². The molecular weight excluding hydrogens is 383 g/mol. The van der Waals surface area contributed by atoms with E-state index in [4.69, 9.17) is 10.7 Å². The lowest BCUT2D eigenvalue weighted by molar-refractivity contribution is 0.606. The second-order valence-electron chi connectivity index (χ2n) is 4.52. The summed E-state index contributed by atoms with van der Waals surface area (Å²) >= 11 is 3.19. The molecule has 0 unspecified atom stereocenters. The Morgan fingerprint density at radius 2 is 2.14 bits per heavy atom. The topological polar surface area (TPSA) is 52.0 Å². The Hall–Kier alpha value is -0.920. The van der Waals surface area contributed by atoms with Crippen LogP contribution < -0.4 is 0 Å². The predicted octanol–water partition coefficient (Wildman–Crippen LogP) is 3.71. The molecule has 0 saturated carbocycles. The average Bonchev–Trinajstić information content (AvgIpc) is 2.79. The van der Waals surface area contributed by atoms with E-state index in [-0.39, 0.29) is 10.8 Å². The van der Waals surface area contributed by atoms with Crippen LogP contribution in [0.2, 0.25) is 0 Å². The van der Waals surface area contributed by atoms with E-state index < -0.39 is 9.05 Å². The quantitative estimate of drug-likeness (QED) is 0.725. The van der Waals surface area contributed by atoms with Crippen LogP contribution in [-0.2, 0) is 22.0 Å². The van der Waals surface area contributed by atoms with Gasteiger partial charge in [-0.2, -0.15) is 0 Å². The highest BCUT2D eigenvalue weighted by atomic mass is 79.9. The number of hydrogen-bond acceptors (Lipinski definition) is 3. The first-order chi connectivity index (χ1) is 9.82. The first-order valence-corrected chi connectivity index (χ1v) is 9.36. The molecule has 0 fully saturated rings. The van der Waals surface area contributed by atoms with Gasteiger partial charge in [0, 0.05) is 23.3 Å². The minimum Gasteiger partial charge on any atom is -0.329 e. The largest absolute Gasteiger partial charge is 0.329 e. The summed E-state index contributed by atoms with van der Waals surface area (Å²) in [6, 6.07) is 4.71. The van der Waals surface area contributed by atoms with Gasteiger partial charge in [0.05, 0.1) is 11.0 Å². The Labute approximate surface area is 135 Å². The number of imidazole rings is 1. The fraction of sp³-hybridized carbons (Fsp3) is 0.308. The lowest BCUT2D eigenvalue weighted by Crippen LogP contribution is -2.05. The fourth-order valence-electron chi connectivity index (χ4n) is 1.96. The number of hydrogen-bond donors (Lipinski definition) is 0. The molecule has 0 atom stereocenters. The molecule has 8 heteroatoms. The lowest BCUT2D eigenvalue weighted by atomic mass is 10.2. The molecule has 0 radical (unpaired) electrons. The number of nitrogens with zero attached hydrogens (tertiary/aromatic N) is 2. The highest BCUT2D eigenvalue weighted by Crippen LogP contribution is 2.23. The molecule has 1 heterocycles. The van der Waals surface area contributed by atoms with Crippen molar-refractivity contribution in [2.24, 2.45) is 0 Å². The molecular formula is C13H13BrClFN2O2S. The van der Waals surface area contributed by atoms with Gasteiger partial charge in [-0.3, -0.25) is 0 Å². The number of halogens is 3. The highest BCUT2D eigenvalue weighted by Gasteiger charge is 2.18. The van der Waals surface area contributed by atoms with Crippen LogP contribution in [-0.4, -0.2) is 18.0 Å². The fourth-order valence-corrected chi connectivity index (χ4v) is 3.04. The van der Waals surface area contributed by atoms with Gasteiger partial charge < -0.3 is 4.57 Å². The van der Waals surface area contributed by atoms with Crippen molar-refractivity contribution in [2.45, 2.75) is 31.3 Å². The van der Waals surface area contributed by atoms with Gasteiger partial charge in [-0.05, 0) is 34.0 Å². The minimum absolute atomic E-state index is 0.180. The van der Waals surface area contributed by atoms with Gasteiger partial charge in [0.2, 0.25) is 0 Å². The predicted molar refractivity (Wildman–Crippen MR) is 82.5 cm³/mol. The monoisotopic (exact) mass is 394 g/mol. The Morgan fingerprint density at radius 1 is 1.43 bits per heavy atom. The van der Waals surface area contributed by atoms with Crippen molar-refractivity contribution in [3.63, 3.8) is 0 Å². The third kappa shape index (κ3) is 3.84. The van der Waals surface area contributed by atoms with E-state index in [0.29, 0.717) is 28.8 Å². The molecule has 2 aromatic rings. The smallest absolute Gasteiger partial charge is 0.280 e. The van der Waals surface area contributed by atoms with E-state index in [1.54, 1.807) is 16.7 Å². The van der Waals surface area contributed by atoms with Crippen molar-refractivity contribution in [3.05, 3.63) is 46.1 Å². The summed E-state index contributed by atoms with van der Waals surface area (Å²) in [5, 5.41) is -0.180. The summed E-state index contributed by atoms with van der Waals surface area (Å²) in [6.07, 6.45) is 2.80. The number of aryl methyl sites for hydroxylation is 1. The molecule has 0 bridgehead atoms. The number of rotatable bonds is 5. The molecule has 1 aromatic carbocycles. The lowest BCUT2D eigenvalue weighted by Gasteiger charge is -2.09. The van der Waals surface area contributed by atoms with Gasteiger partial charge in [-0.1, -0.05) is 19.1 Å². The molecule has 21 heavy (non-hydrogen) atoms. The van der Waals surface area contributed by atoms with Gasteiger partial charge in [0.1, 0.15) is 11.6 Å². The molecule has 0 aliphatic heterocycles. The van der Waals surface area contributed by atoms with Crippen molar-refractivity contribution >= 4 is 35.7 Å². The van der Waals surface area contributed by atoms with Crippen LogP contribution in [0.25, 0.3) is 0 Å². The first kappa shape index (κ1) is 16.5. The number of benzene rings is 1. The van der Waals surface area contributed by atoms with Gasteiger partial charge in [-0.25, -0.2) is 17.8 Å². The van der Waals surface area contributed by atoms with Gasteiger partial charge in [-0.15, -0.1) is 0 Å². The van der Waals surface area contributed by atoms with Crippen LogP contribution in [0, 0.1) is 5.82 Å². The first-order valence-electron chi connectivity index (χ1n) is 6.26. The standard InChI is InChI=1S/C13H13BrClFN2O2S/c1-2-4-11-17-12(21(15,19)20)8-18(11)7-9-5-3-6-10(16)13(9)14/h3,5-6,8H,2,4,7H2,1H3. The second kappa shape index (κ2) is 6.46. The third-order valence-electron chi connectivity index (χ3n) is 2.93. The van der Waals surface area contributed by atoms with Gasteiger partial charge in [0.15, 0.2) is 5.03 Å². The van der Waals surface area contributed by atoms with Crippen LogP contribution in [0.15, 0.2) is 33.9 Å². The molecule has 0 amide bonds. The van der Waals surface area contributed by atoms with Crippen molar-refractivity contribution in [1.29, 1.82) is 0 Å². The van der Waals surface area contributed by atoms with E-state index in [9.17, 15) is 12.8 Å². The van der Waals surface area contributed by atoms with Crippen LogP contribution in [0.5, 0.6) is 0 Å². The average molecular weight is 396 g/mol. The summed E-state index contributed by atoms with van der Waals surface area (Å²) < 4.78 is 38.4. The summed E-state index contributed by atoms with van der Waals surface area (Å²) in [7, 11) is 1.45. The van der Waals surface area contributed by atoms with Crippen LogP contribution in [0.4, 0.5) is 4.39 Å². The van der Waals surface area contributed by atoms with E-state index in [0.717, 1.165) is 6.42 Å². The zero-order valence-corrected chi connectivity index (χ0v) is 14.3. The zero-order valence-electron chi connectivity index (χ0n) is 11.2. The Balaban J connectivity index is 2.43. The molecule has 0 spiro atoms. The normalized spacial score (nSPS) is 11.8. The molecule has 114 valence electrons. The summed E-state index contributed by atoms with van der Waals surface area (Å²) in [5.74, 6) is 0.239. The Kier molecular flexibility index (Phi) is 5.06. The maximum Gasteiger partial charge on any atom is 0.280 e. The molecule has 0 saturated heterocycles. The summed E-state index contributed by atoms with van der Waals surface area (Å²) in [4.78, 5) is 4.05. The summed E-state index contributed by atoms with van der Waals surface area (Å²) in [5.41, 5.74) is 0.697. The van der Waals surface area contributed by atoms with Crippen molar-refractivity contribution in [2.75, 3.05) is 0 Å². The minimum atomic E-state index is -3.88. The zero-order chi connectivity index (χ0) is 15.6. The molecule has 4 nitrogen and oxygen atoms in total. The second-order valence-corrected chi connectivity index (χ2v) is 7.83. The Morgan fingerprint density at radius 3 is 2.76 bits per heavy atom. The Bertz CT molecular complexity index is 762. The van der Waals surface area contributed by atoms with Crippen LogP contribution in [0.3, 0.4) is 0 Å². The highest BCUT2D eigenvalue weighted by molar-refractivity contribution is 9.10. The van der Waals surface area contributed by atoms with Gasteiger partial charge >= 0.3 is 0 Å². The van der Waals surface area contributed by atoms with E-state index >= 15 is 0 Å². The van der Waals surface area contributed by atoms with Crippen molar-refractivity contribution in [1.82, 2.24) is 9.55 Å². The van der Waals surface area contributed by atoms with Crippen LogP contribution >= 0.6 is 26.6 Å². The maximum atomic E-state index is 13.5. The molecule has 0 N–H and O–H groups in total. The van der Waals surface area contributed by atoms with Gasteiger partial charge in [0.25, 0.3) is 9.05 Å². The summed E-state index contributed by atoms with van der Waals surface area (Å²) in [6.45, 7) is 2.28. The molecule has 2 rings (SSSR count). The SMILES string of the molecule is CCCc1nc(S(=O)(=O)Cl)cn1Cc1cccc(F)c1Br. The molecule has 0 aliphatic carbocycles. The van der Waals surface area contributed by atoms with E-state index in [2.05, 4.69) is 20.9 Å². The molecule has 1 aromatic heterocycles. The maximum absolute atomic E-state index is 13.5. The van der Waals surface area contributed by atoms with Crippen molar-refractivity contribution in [3.8, 4) is 0 Å². The van der Waals surface area contributed by atoms with E-state index in [1.165, 1.54) is 12.3 Å². The van der Waals surface area contributed by atoms with E-state index in [1.807, 2.05) is 6.92 Å². The number of aromatic nitrogens is 2. The third-order valence-corrected chi connectivity index (χ3v) is 4.99. The van der Waals surface area contributed by atoms with Crippen LogP contribution in [0.1, 0.15) is 24.7 Å². The molecule has 0 aliphatic rings.